The third-order valence-corrected chi connectivity index (χ3v) is 4.29. The Morgan fingerprint density at radius 3 is 2.55 bits per heavy atom. The van der Waals surface area contributed by atoms with Crippen LogP contribution in [0.15, 0.2) is 41.3 Å². The molecule has 106 valence electrons. The smallest absolute Gasteiger partial charge is 0.264 e. The number of aryl methyl sites for hydroxylation is 1. The van der Waals surface area contributed by atoms with Crippen LogP contribution in [0, 0.1) is 12.7 Å². The van der Waals surface area contributed by atoms with Crippen LogP contribution >= 0.6 is 11.6 Å². The molecule has 0 amide bonds. The van der Waals surface area contributed by atoms with Gasteiger partial charge >= 0.3 is 0 Å². The Morgan fingerprint density at radius 2 is 1.90 bits per heavy atom. The second-order valence-corrected chi connectivity index (χ2v) is 6.31. The van der Waals surface area contributed by atoms with Crippen LogP contribution in [0.1, 0.15) is 5.56 Å². The number of benzene rings is 2. The Balaban J connectivity index is 2.49. The highest BCUT2D eigenvalue weighted by molar-refractivity contribution is 7.92. The van der Waals surface area contributed by atoms with E-state index in [1.165, 1.54) is 0 Å². The monoisotopic (exact) mass is 314 g/mol. The number of para-hydroxylation sites is 1. The van der Waals surface area contributed by atoms with Gasteiger partial charge in [0.05, 0.1) is 11.4 Å². The van der Waals surface area contributed by atoms with Gasteiger partial charge in [0, 0.05) is 5.02 Å². The number of halogens is 2. The van der Waals surface area contributed by atoms with Crippen LogP contribution in [0.2, 0.25) is 5.02 Å². The SMILES string of the molecule is Cc1ccccc1NS(=O)(=O)c1cc(Cl)cc(N)c1F. The molecule has 3 N–H and O–H groups in total. The number of rotatable bonds is 3. The summed E-state index contributed by atoms with van der Waals surface area (Å²) in [7, 11) is -4.10. The maximum Gasteiger partial charge on any atom is 0.264 e. The van der Waals surface area contributed by atoms with Crippen molar-refractivity contribution < 1.29 is 12.8 Å². The second-order valence-electron chi connectivity index (χ2n) is 4.23. The van der Waals surface area contributed by atoms with Crippen LogP contribution in [0.5, 0.6) is 0 Å². The van der Waals surface area contributed by atoms with Gasteiger partial charge in [-0.1, -0.05) is 29.8 Å². The predicted octanol–water partition coefficient (Wildman–Crippen LogP) is 3.17. The lowest BCUT2D eigenvalue weighted by molar-refractivity contribution is 0.573. The summed E-state index contributed by atoms with van der Waals surface area (Å²) in [4.78, 5) is -0.578. The summed E-state index contributed by atoms with van der Waals surface area (Å²) in [5.74, 6) is -1.02. The van der Waals surface area contributed by atoms with Crippen molar-refractivity contribution in [1.29, 1.82) is 0 Å². The van der Waals surface area contributed by atoms with Gasteiger partial charge in [-0.2, -0.15) is 0 Å². The van der Waals surface area contributed by atoms with E-state index in [1.54, 1.807) is 31.2 Å². The van der Waals surface area contributed by atoms with Gasteiger partial charge in [0.15, 0.2) is 5.82 Å². The van der Waals surface area contributed by atoms with Crippen LogP contribution in [-0.2, 0) is 10.0 Å². The van der Waals surface area contributed by atoms with Crippen molar-refractivity contribution in [2.75, 3.05) is 10.5 Å². The van der Waals surface area contributed by atoms with Crippen LogP contribution in [0.3, 0.4) is 0 Å². The number of hydrogen-bond donors (Lipinski definition) is 2. The van der Waals surface area contributed by atoms with Gasteiger partial charge in [0.2, 0.25) is 0 Å². The zero-order valence-electron chi connectivity index (χ0n) is 10.5. The molecule has 0 unspecified atom stereocenters. The lowest BCUT2D eigenvalue weighted by atomic mass is 10.2. The van der Waals surface area contributed by atoms with Gasteiger partial charge in [-0.3, -0.25) is 4.72 Å². The molecule has 2 rings (SSSR count). The highest BCUT2D eigenvalue weighted by Crippen LogP contribution is 2.27. The Kier molecular flexibility index (Phi) is 3.87. The van der Waals surface area contributed by atoms with Crippen LogP contribution in [-0.4, -0.2) is 8.42 Å². The van der Waals surface area contributed by atoms with Gasteiger partial charge in [0.1, 0.15) is 4.90 Å². The first-order valence-electron chi connectivity index (χ1n) is 5.64. The summed E-state index contributed by atoms with van der Waals surface area (Å²) in [6.07, 6.45) is 0. The maximum absolute atomic E-state index is 13.9. The molecule has 0 spiro atoms. The first-order valence-corrected chi connectivity index (χ1v) is 7.50. The minimum absolute atomic E-state index is 0.0501. The standard InChI is InChI=1S/C13H12ClFN2O2S/c1-8-4-2-3-5-11(8)17-20(18,19)12-7-9(14)6-10(16)13(12)15/h2-7,17H,16H2,1H3. The molecule has 0 fully saturated rings. The molecular formula is C13H12ClFN2O2S. The topological polar surface area (TPSA) is 72.2 Å². The van der Waals surface area contributed by atoms with E-state index in [9.17, 15) is 12.8 Å². The number of sulfonamides is 1. The molecule has 0 aliphatic heterocycles. The molecular weight excluding hydrogens is 303 g/mol. The predicted molar refractivity (Wildman–Crippen MR) is 77.8 cm³/mol. The van der Waals surface area contributed by atoms with Crippen molar-refractivity contribution in [1.82, 2.24) is 0 Å². The molecule has 2 aromatic carbocycles. The third kappa shape index (κ3) is 2.86. The highest BCUT2D eigenvalue weighted by atomic mass is 35.5. The first kappa shape index (κ1) is 14.6. The van der Waals surface area contributed by atoms with Gasteiger partial charge in [-0.05, 0) is 30.7 Å². The van der Waals surface area contributed by atoms with Crippen molar-refractivity contribution in [3.8, 4) is 0 Å². The molecule has 7 heteroatoms. The van der Waals surface area contributed by atoms with Gasteiger partial charge < -0.3 is 5.73 Å². The summed E-state index contributed by atoms with van der Waals surface area (Å²) in [6, 6.07) is 8.94. The quantitative estimate of drug-likeness (QED) is 0.855. The molecule has 0 saturated carbocycles. The van der Waals surface area contributed by atoms with Crippen molar-refractivity contribution in [3.05, 3.63) is 52.8 Å². The maximum atomic E-state index is 13.9. The summed E-state index contributed by atoms with van der Waals surface area (Å²) in [6.45, 7) is 1.74. The average molecular weight is 315 g/mol. The van der Waals surface area contributed by atoms with Gasteiger partial charge in [-0.25, -0.2) is 12.8 Å². The highest BCUT2D eigenvalue weighted by Gasteiger charge is 2.22. The molecule has 0 aromatic heterocycles. The van der Waals surface area contributed by atoms with Crippen LogP contribution in [0.4, 0.5) is 15.8 Å². The van der Waals surface area contributed by atoms with Gasteiger partial charge in [-0.15, -0.1) is 0 Å². The molecule has 0 atom stereocenters. The van der Waals surface area contributed by atoms with E-state index in [4.69, 9.17) is 17.3 Å². The summed E-state index contributed by atoms with van der Waals surface area (Å²) in [5.41, 5.74) is 6.15. The summed E-state index contributed by atoms with van der Waals surface area (Å²) >= 11 is 5.72. The van der Waals surface area contributed by atoms with E-state index in [-0.39, 0.29) is 10.7 Å². The zero-order valence-corrected chi connectivity index (χ0v) is 12.1. The van der Waals surface area contributed by atoms with E-state index >= 15 is 0 Å². The molecule has 0 saturated heterocycles. The van der Waals surface area contributed by atoms with E-state index in [0.29, 0.717) is 11.3 Å². The van der Waals surface area contributed by atoms with Crippen molar-refractivity contribution in [3.63, 3.8) is 0 Å². The molecule has 0 aliphatic rings. The third-order valence-electron chi connectivity index (χ3n) is 2.71. The van der Waals surface area contributed by atoms with Gasteiger partial charge in [0.25, 0.3) is 10.0 Å². The second kappa shape index (κ2) is 5.30. The number of hydrogen-bond acceptors (Lipinski definition) is 3. The fraction of sp³-hybridized carbons (Fsp3) is 0.0769. The number of nitrogen functional groups attached to an aromatic ring is 1. The van der Waals surface area contributed by atoms with Crippen molar-refractivity contribution in [2.45, 2.75) is 11.8 Å². The molecule has 2 aromatic rings. The van der Waals surface area contributed by atoms with Crippen LogP contribution in [0.25, 0.3) is 0 Å². The number of nitrogens with two attached hydrogens (primary N) is 1. The molecule has 4 nitrogen and oxygen atoms in total. The van der Waals surface area contributed by atoms with E-state index < -0.39 is 20.7 Å². The molecule has 0 radical (unpaired) electrons. The van der Waals surface area contributed by atoms with E-state index in [0.717, 1.165) is 12.1 Å². The Morgan fingerprint density at radius 1 is 1.25 bits per heavy atom. The Bertz CT molecular complexity index is 763. The average Bonchev–Trinajstić information content (AvgIpc) is 2.36. The normalized spacial score (nSPS) is 11.3. The first-order chi connectivity index (χ1) is 9.31. The summed E-state index contributed by atoms with van der Waals surface area (Å²) in [5, 5.41) is 0.0501. The molecule has 0 bridgehead atoms. The molecule has 0 aliphatic carbocycles. The minimum Gasteiger partial charge on any atom is -0.396 e. The number of anilines is 2. The minimum atomic E-state index is -4.10. The lowest BCUT2D eigenvalue weighted by Gasteiger charge is -2.12. The van der Waals surface area contributed by atoms with Crippen molar-refractivity contribution >= 4 is 33.0 Å². The fourth-order valence-electron chi connectivity index (χ4n) is 1.67. The fourth-order valence-corrected chi connectivity index (χ4v) is 3.22. The van der Waals surface area contributed by atoms with Crippen molar-refractivity contribution in [2.24, 2.45) is 0 Å². The Labute approximate surface area is 121 Å². The Hall–Kier alpha value is -1.79. The summed E-state index contributed by atoms with van der Waals surface area (Å²) < 4.78 is 40.6. The lowest BCUT2D eigenvalue weighted by Crippen LogP contribution is -2.16. The van der Waals surface area contributed by atoms with Crippen LogP contribution < -0.4 is 10.5 Å². The molecule has 0 heterocycles. The van der Waals surface area contributed by atoms with E-state index in [2.05, 4.69) is 4.72 Å². The molecule has 20 heavy (non-hydrogen) atoms. The van der Waals surface area contributed by atoms with E-state index in [1.807, 2.05) is 0 Å². The zero-order chi connectivity index (χ0) is 14.9. The largest absolute Gasteiger partial charge is 0.396 e. The number of nitrogens with one attached hydrogen (secondary N) is 1.